The predicted molar refractivity (Wildman–Crippen MR) is 71.8 cm³/mol. The molecule has 2 rings (SSSR count). The number of ether oxygens (including phenoxy) is 1. The van der Waals surface area contributed by atoms with Crippen molar-refractivity contribution in [2.24, 2.45) is 0 Å². The molecule has 4 heteroatoms. The fraction of sp³-hybridized carbons (Fsp3) is 0.533. The summed E-state index contributed by atoms with van der Waals surface area (Å²) in [5.74, 6) is -0.253. The Bertz CT molecular complexity index is 559. The number of aryl methyl sites for hydroxylation is 1. The molecule has 19 heavy (non-hydrogen) atoms. The number of fused-ring (bicyclic) bond motifs is 1. The Morgan fingerprint density at radius 3 is 2.89 bits per heavy atom. The fourth-order valence-corrected chi connectivity index (χ4v) is 2.36. The van der Waals surface area contributed by atoms with Crippen LogP contribution >= 0.6 is 0 Å². The maximum absolute atomic E-state index is 10.8. The van der Waals surface area contributed by atoms with E-state index in [1.807, 2.05) is 6.92 Å². The molecule has 2 N–H and O–H groups in total. The third-order valence-electron chi connectivity index (χ3n) is 3.69. The zero-order valence-electron chi connectivity index (χ0n) is 13.0. The lowest BCUT2D eigenvalue weighted by molar-refractivity contribution is -0.138. The first-order valence-corrected chi connectivity index (χ1v) is 6.26. The Morgan fingerprint density at radius 1 is 1.53 bits per heavy atom. The summed E-state index contributed by atoms with van der Waals surface area (Å²) in [5.41, 5.74) is 1.22. The molecule has 0 bridgehead atoms. The number of aliphatic carboxylic acids is 1. The van der Waals surface area contributed by atoms with Crippen LogP contribution in [0.5, 0.6) is 11.5 Å². The second-order valence-electron chi connectivity index (χ2n) is 5.29. The highest BCUT2D eigenvalue weighted by Gasteiger charge is 2.33. The first-order valence-electron chi connectivity index (χ1n) is 7.67. The summed E-state index contributed by atoms with van der Waals surface area (Å²) < 4.78 is 21.2. The average Bonchev–Trinajstić information content (AvgIpc) is 2.44. The van der Waals surface area contributed by atoms with Crippen LogP contribution in [-0.2, 0) is 11.2 Å². The number of benzene rings is 1. The predicted octanol–water partition coefficient (Wildman–Crippen LogP) is 2.96. The molecule has 0 aromatic heterocycles. The normalized spacial score (nSPS) is 23.0. The van der Waals surface area contributed by atoms with Crippen molar-refractivity contribution in [3.63, 3.8) is 0 Å². The van der Waals surface area contributed by atoms with Crippen molar-refractivity contribution in [3.8, 4) is 11.5 Å². The summed E-state index contributed by atoms with van der Waals surface area (Å²) in [7, 11) is 0. The van der Waals surface area contributed by atoms with Gasteiger partial charge in [-0.3, -0.25) is 4.79 Å². The standard InChI is InChI=1S/C15H20O4/c1-9-10(2)14-11(8-12(9)16)4-6-15(3,19-14)7-5-13(17)18/h8,16H,4-7H2,1-3H3,(H,17,18)/i1D,2D. The van der Waals surface area contributed by atoms with Gasteiger partial charge in [-0.15, -0.1) is 0 Å². The van der Waals surface area contributed by atoms with E-state index in [0.29, 0.717) is 36.1 Å². The highest BCUT2D eigenvalue weighted by Crippen LogP contribution is 2.41. The van der Waals surface area contributed by atoms with Crippen molar-refractivity contribution in [3.05, 3.63) is 22.8 Å². The molecule has 0 saturated carbocycles. The SMILES string of the molecule is [2H]Cc1c(O)cc2c(c1C[2H])OC(C)(CCC(=O)O)CC2. The summed E-state index contributed by atoms with van der Waals surface area (Å²) >= 11 is 0. The van der Waals surface area contributed by atoms with Crippen LogP contribution < -0.4 is 4.74 Å². The molecular formula is C15H20O4. The highest BCUT2D eigenvalue weighted by molar-refractivity contribution is 5.66. The Morgan fingerprint density at radius 2 is 2.26 bits per heavy atom. The largest absolute Gasteiger partial charge is 0.508 e. The summed E-state index contributed by atoms with van der Waals surface area (Å²) in [6.07, 6.45) is 1.77. The van der Waals surface area contributed by atoms with Crippen molar-refractivity contribution < 1.29 is 22.5 Å². The number of phenols is 1. The molecule has 0 amide bonds. The maximum atomic E-state index is 10.8. The molecule has 1 heterocycles. The molecule has 0 saturated heterocycles. The number of hydrogen-bond donors (Lipinski definition) is 2. The van der Waals surface area contributed by atoms with Gasteiger partial charge in [-0.1, -0.05) is 0 Å². The lowest BCUT2D eigenvalue weighted by Gasteiger charge is -2.37. The molecule has 0 radical (unpaired) electrons. The molecule has 0 fully saturated rings. The average molecular weight is 266 g/mol. The molecule has 1 aromatic carbocycles. The van der Waals surface area contributed by atoms with Gasteiger partial charge in [0.1, 0.15) is 17.1 Å². The number of hydrogen-bond acceptors (Lipinski definition) is 3. The van der Waals surface area contributed by atoms with Crippen LogP contribution in [0, 0.1) is 13.8 Å². The van der Waals surface area contributed by atoms with Crippen LogP contribution in [0.3, 0.4) is 0 Å². The fourth-order valence-electron chi connectivity index (χ4n) is 2.36. The van der Waals surface area contributed by atoms with E-state index < -0.39 is 11.6 Å². The van der Waals surface area contributed by atoms with Crippen LogP contribution in [0.4, 0.5) is 0 Å². The van der Waals surface area contributed by atoms with E-state index in [9.17, 15) is 9.90 Å². The third kappa shape index (κ3) is 2.67. The second-order valence-corrected chi connectivity index (χ2v) is 5.29. The molecule has 1 aliphatic rings. The minimum absolute atomic E-state index is 0.0332. The summed E-state index contributed by atoms with van der Waals surface area (Å²) in [6, 6.07) is 1.61. The highest BCUT2D eigenvalue weighted by atomic mass is 16.5. The van der Waals surface area contributed by atoms with E-state index in [0.717, 1.165) is 5.56 Å². The zero-order valence-corrected chi connectivity index (χ0v) is 11.0. The Balaban J connectivity index is 2.36. The first kappa shape index (κ1) is 11.1. The lowest BCUT2D eigenvalue weighted by atomic mass is 9.87. The number of carbonyl (C=O) groups is 1. The van der Waals surface area contributed by atoms with E-state index in [4.69, 9.17) is 12.6 Å². The zero-order chi connectivity index (χ0) is 15.6. The monoisotopic (exact) mass is 266 g/mol. The molecule has 4 nitrogen and oxygen atoms in total. The lowest BCUT2D eigenvalue weighted by Crippen LogP contribution is -2.37. The van der Waals surface area contributed by atoms with Crippen LogP contribution in [0.25, 0.3) is 0 Å². The van der Waals surface area contributed by atoms with Crippen molar-refractivity contribution >= 4 is 5.97 Å². The van der Waals surface area contributed by atoms with E-state index in [-0.39, 0.29) is 26.0 Å². The van der Waals surface area contributed by atoms with Gasteiger partial charge in [0.25, 0.3) is 0 Å². The minimum atomic E-state index is -0.858. The number of carboxylic acid groups (broad SMARTS) is 1. The van der Waals surface area contributed by atoms with Crippen molar-refractivity contribution in [1.29, 1.82) is 0 Å². The number of phenolic OH excluding ortho intramolecular Hbond substituents is 1. The van der Waals surface area contributed by atoms with Gasteiger partial charge in [-0.05, 0) is 62.7 Å². The van der Waals surface area contributed by atoms with Gasteiger partial charge in [0, 0.05) is 9.16 Å². The van der Waals surface area contributed by atoms with E-state index in [2.05, 4.69) is 0 Å². The third-order valence-corrected chi connectivity index (χ3v) is 3.69. The Labute approximate surface area is 115 Å². The van der Waals surface area contributed by atoms with Gasteiger partial charge in [-0.25, -0.2) is 0 Å². The number of aromatic hydroxyl groups is 1. The molecule has 0 aliphatic carbocycles. The van der Waals surface area contributed by atoms with Crippen molar-refractivity contribution in [2.75, 3.05) is 0 Å². The van der Waals surface area contributed by atoms with Crippen molar-refractivity contribution in [1.82, 2.24) is 0 Å². The first-order chi connectivity index (χ1) is 9.90. The summed E-state index contributed by atoms with van der Waals surface area (Å²) in [4.78, 5) is 10.8. The molecule has 1 aliphatic heterocycles. The molecule has 1 atom stereocenters. The van der Waals surface area contributed by atoms with Crippen LogP contribution in [0.1, 0.15) is 45.6 Å². The van der Waals surface area contributed by atoms with Crippen LogP contribution in [0.15, 0.2) is 6.07 Å². The second kappa shape index (κ2) is 4.76. The molecular weight excluding hydrogens is 244 g/mol. The summed E-state index contributed by atoms with van der Waals surface area (Å²) in [5, 5.41) is 18.8. The summed E-state index contributed by atoms with van der Waals surface area (Å²) in [6.45, 7) is 1.70. The van der Waals surface area contributed by atoms with Crippen LogP contribution in [-0.4, -0.2) is 21.8 Å². The van der Waals surface area contributed by atoms with Gasteiger partial charge < -0.3 is 14.9 Å². The van der Waals surface area contributed by atoms with Gasteiger partial charge in [0.15, 0.2) is 0 Å². The maximum Gasteiger partial charge on any atom is 0.303 e. The van der Waals surface area contributed by atoms with Gasteiger partial charge in [0.05, 0.1) is 0 Å². The Hall–Kier alpha value is -1.71. The molecule has 0 spiro atoms. The van der Waals surface area contributed by atoms with E-state index in [1.54, 1.807) is 6.07 Å². The van der Waals surface area contributed by atoms with Gasteiger partial charge >= 0.3 is 5.97 Å². The quantitative estimate of drug-likeness (QED) is 0.882. The van der Waals surface area contributed by atoms with Gasteiger partial charge in [0.2, 0.25) is 0 Å². The van der Waals surface area contributed by atoms with Gasteiger partial charge in [-0.2, -0.15) is 0 Å². The Kier molecular flexibility index (Phi) is 2.79. The molecule has 1 unspecified atom stereocenters. The van der Waals surface area contributed by atoms with Crippen molar-refractivity contribution in [2.45, 2.75) is 52.0 Å². The number of carboxylic acids is 1. The molecule has 1 aromatic rings. The van der Waals surface area contributed by atoms with E-state index in [1.165, 1.54) is 0 Å². The van der Waals surface area contributed by atoms with E-state index >= 15 is 0 Å². The minimum Gasteiger partial charge on any atom is -0.508 e. The number of rotatable bonds is 3. The molecule has 104 valence electrons. The van der Waals surface area contributed by atoms with Crippen LogP contribution in [0.2, 0.25) is 0 Å². The smallest absolute Gasteiger partial charge is 0.303 e. The topological polar surface area (TPSA) is 66.8 Å².